The number of hydrogen-bond donors (Lipinski definition) is 2. The molecule has 2 unspecified atom stereocenters. The molecule has 0 aromatic carbocycles. The zero-order valence-corrected chi connectivity index (χ0v) is 12.9. The quantitative estimate of drug-likeness (QED) is 0.785. The summed E-state index contributed by atoms with van der Waals surface area (Å²) in [7, 11) is 0. The summed E-state index contributed by atoms with van der Waals surface area (Å²) in [6.07, 6.45) is 2.86. The van der Waals surface area contributed by atoms with Gasteiger partial charge in [0.25, 0.3) is 0 Å². The van der Waals surface area contributed by atoms with E-state index in [-0.39, 0.29) is 35.6 Å². The minimum absolute atomic E-state index is 0.0115. The van der Waals surface area contributed by atoms with E-state index in [1.54, 1.807) is 4.90 Å². The standard InChI is InChI=1S/C15H25N3O3/c1-10(2)15(21)18-7-3-4-11(9-18)14(20)17-12-5-6-13(19)16-8-12/h10-12H,3-9H2,1-2H3,(H,16,19)(H,17,20). The zero-order valence-electron chi connectivity index (χ0n) is 12.9. The summed E-state index contributed by atoms with van der Waals surface area (Å²) in [5, 5.41) is 5.77. The van der Waals surface area contributed by atoms with Crippen LogP contribution in [0.3, 0.4) is 0 Å². The average molecular weight is 295 g/mol. The van der Waals surface area contributed by atoms with Crippen molar-refractivity contribution in [3.05, 3.63) is 0 Å². The highest BCUT2D eigenvalue weighted by atomic mass is 16.2. The lowest BCUT2D eigenvalue weighted by molar-refractivity contribution is -0.138. The number of carbonyl (C=O) groups excluding carboxylic acids is 3. The molecule has 6 heteroatoms. The summed E-state index contributed by atoms with van der Waals surface area (Å²) < 4.78 is 0. The van der Waals surface area contributed by atoms with Crippen LogP contribution in [0.2, 0.25) is 0 Å². The molecule has 2 heterocycles. The van der Waals surface area contributed by atoms with Gasteiger partial charge in [0.05, 0.1) is 5.92 Å². The average Bonchev–Trinajstić information content (AvgIpc) is 2.48. The Morgan fingerprint density at radius 2 is 2.10 bits per heavy atom. The summed E-state index contributed by atoms with van der Waals surface area (Å²) >= 11 is 0. The molecule has 118 valence electrons. The molecule has 6 nitrogen and oxygen atoms in total. The van der Waals surface area contributed by atoms with Gasteiger partial charge in [0.1, 0.15) is 0 Å². The van der Waals surface area contributed by atoms with Crippen molar-refractivity contribution in [2.45, 2.75) is 45.6 Å². The second kappa shape index (κ2) is 6.91. The summed E-state index contributed by atoms with van der Waals surface area (Å²) in [5.74, 6) is 0.0288. The third-order valence-electron chi connectivity index (χ3n) is 4.21. The first-order valence-corrected chi connectivity index (χ1v) is 7.83. The monoisotopic (exact) mass is 295 g/mol. The maximum Gasteiger partial charge on any atom is 0.225 e. The van der Waals surface area contributed by atoms with Crippen LogP contribution >= 0.6 is 0 Å². The molecule has 0 aliphatic carbocycles. The van der Waals surface area contributed by atoms with Gasteiger partial charge in [0.15, 0.2) is 0 Å². The van der Waals surface area contributed by atoms with Crippen LogP contribution in [0.15, 0.2) is 0 Å². The van der Waals surface area contributed by atoms with E-state index in [9.17, 15) is 14.4 Å². The number of likely N-dealkylation sites (tertiary alicyclic amines) is 1. The van der Waals surface area contributed by atoms with Crippen molar-refractivity contribution in [1.29, 1.82) is 0 Å². The van der Waals surface area contributed by atoms with Gasteiger partial charge in [0.2, 0.25) is 17.7 Å². The van der Waals surface area contributed by atoms with Gasteiger partial charge in [-0.05, 0) is 19.3 Å². The predicted octanol–water partition coefficient (Wildman–Crippen LogP) is 0.276. The SMILES string of the molecule is CC(C)C(=O)N1CCCC(C(=O)NC2CCC(=O)NC2)C1. The van der Waals surface area contributed by atoms with E-state index in [0.717, 1.165) is 19.4 Å². The molecule has 0 spiro atoms. The van der Waals surface area contributed by atoms with Crippen molar-refractivity contribution in [3.63, 3.8) is 0 Å². The van der Waals surface area contributed by atoms with Crippen molar-refractivity contribution in [3.8, 4) is 0 Å². The first kappa shape index (κ1) is 15.8. The van der Waals surface area contributed by atoms with Crippen molar-refractivity contribution in [1.82, 2.24) is 15.5 Å². The van der Waals surface area contributed by atoms with Crippen LogP contribution in [0.4, 0.5) is 0 Å². The molecule has 3 amide bonds. The molecule has 2 saturated heterocycles. The van der Waals surface area contributed by atoms with Gasteiger partial charge in [-0.25, -0.2) is 0 Å². The van der Waals surface area contributed by atoms with Crippen LogP contribution in [0.25, 0.3) is 0 Å². The van der Waals surface area contributed by atoms with Crippen molar-refractivity contribution >= 4 is 17.7 Å². The molecule has 2 fully saturated rings. The number of nitrogens with one attached hydrogen (secondary N) is 2. The Bertz CT molecular complexity index is 412. The van der Waals surface area contributed by atoms with E-state index in [2.05, 4.69) is 10.6 Å². The lowest BCUT2D eigenvalue weighted by atomic mass is 9.95. The number of rotatable bonds is 3. The van der Waals surface area contributed by atoms with Crippen LogP contribution in [0.5, 0.6) is 0 Å². The van der Waals surface area contributed by atoms with E-state index in [4.69, 9.17) is 0 Å². The van der Waals surface area contributed by atoms with Gasteiger partial charge in [-0.2, -0.15) is 0 Å². The van der Waals surface area contributed by atoms with E-state index < -0.39 is 0 Å². The summed E-state index contributed by atoms with van der Waals surface area (Å²) in [5.41, 5.74) is 0. The largest absolute Gasteiger partial charge is 0.354 e. The second-order valence-electron chi connectivity index (χ2n) is 6.33. The number of piperidine rings is 2. The molecule has 0 saturated carbocycles. The summed E-state index contributed by atoms with van der Waals surface area (Å²) in [6, 6.07) is 0.0198. The first-order chi connectivity index (χ1) is 9.97. The van der Waals surface area contributed by atoms with Gasteiger partial charge >= 0.3 is 0 Å². The fourth-order valence-electron chi connectivity index (χ4n) is 2.93. The fraction of sp³-hybridized carbons (Fsp3) is 0.800. The van der Waals surface area contributed by atoms with E-state index in [1.807, 2.05) is 13.8 Å². The molecule has 0 bridgehead atoms. The van der Waals surface area contributed by atoms with Crippen LogP contribution in [-0.2, 0) is 14.4 Å². The minimum Gasteiger partial charge on any atom is -0.354 e. The van der Waals surface area contributed by atoms with Crippen LogP contribution in [0.1, 0.15) is 39.5 Å². The number of carbonyl (C=O) groups is 3. The maximum atomic E-state index is 12.3. The highest BCUT2D eigenvalue weighted by Gasteiger charge is 2.30. The minimum atomic E-state index is -0.126. The van der Waals surface area contributed by atoms with Crippen molar-refractivity contribution in [2.24, 2.45) is 11.8 Å². The van der Waals surface area contributed by atoms with E-state index in [1.165, 1.54) is 0 Å². The lowest BCUT2D eigenvalue weighted by Gasteiger charge is -2.34. The Kier molecular flexibility index (Phi) is 5.20. The maximum absolute atomic E-state index is 12.3. The Hall–Kier alpha value is -1.59. The Balaban J connectivity index is 1.84. The third kappa shape index (κ3) is 4.19. The Morgan fingerprint density at radius 1 is 1.33 bits per heavy atom. The molecule has 0 radical (unpaired) electrons. The molecule has 0 aromatic rings. The molecule has 21 heavy (non-hydrogen) atoms. The van der Waals surface area contributed by atoms with Crippen LogP contribution in [-0.4, -0.2) is 48.3 Å². The molecule has 2 atom stereocenters. The zero-order chi connectivity index (χ0) is 15.4. The van der Waals surface area contributed by atoms with Gasteiger partial charge in [0, 0.05) is 38.0 Å². The molecule has 2 rings (SSSR count). The highest BCUT2D eigenvalue weighted by Crippen LogP contribution is 2.19. The molecule has 2 N–H and O–H groups in total. The number of nitrogens with zero attached hydrogens (tertiary/aromatic N) is 1. The van der Waals surface area contributed by atoms with Crippen LogP contribution < -0.4 is 10.6 Å². The molecule has 0 aromatic heterocycles. The van der Waals surface area contributed by atoms with Gasteiger partial charge in [-0.15, -0.1) is 0 Å². The summed E-state index contributed by atoms with van der Waals surface area (Å²) in [6.45, 7) is 5.54. The van der Waals surface area contributed by atoms with E-state index >= 15 is 0 Å². The third-order valence-corrected chi connectivity index (χ3v) is 4.21. The van der Waals surface area contributed by atoms with Gasteiger partial charge in [-0.1, -0.05) is 13.8 Å². The van der Waals surface area contributed by atoms with Crippen molar-refractivity contribution in [2.75, 3.05) is 19.6 Å². The van der Waals surface area contributed by atoms with Crippen molar-refractivity contribution < 1.29 is 14.4 Å². The van der Waals surface area contributed by atoms with Gasteiger partial charge in [-0.3, -0.25) is 14.4 Å². The van der Waals surface area contributed by atoms with Gasteiger partial charge < -0.3 is 15.5 Å². The Morgan fingerprint density at radius 3 is 2.71 bits per heavy atom. The summed E-state index contributed by atoms with van der Waals surface area (Å²) in [4.78, 5) is 37.3. The molecular weight excluding hydrogens is 270 g/mol. The smallest absolute Gasteiger partial charge is 0.225 e. The molecule has 2 aliphatic rings. The fourth-order valence-corrected chi connectivity index (χ4v) is 2.93. The number of hydrogen-bond acceptors (Lipinski definition) is 3. The number of amides is 3. The Labute approximate surface area is 125 Å². The second-order valence-corrected chi connectivity index (χ2v) is 6.33. The van der Waals surface area contributed by atoms with Crippen LogP contribution in [0, 0.1) is 11.8 Å². The highest BCUT2D eigenvalue weighted by molar-refractivity contribution is 5.82. The molecule has 2 aliphatic heterocycles. The predicted molar refractivity (Wildman–Crippen MR) is 78.3 cm³/mol. The molecular formula is C15H25N3O3. The lowest BCUT2D eigenvalue weighted by Crippen LogP contribution is -2.52. The topological polar surface area (TPSA) is 78.5 Å². The normalized spacial score (nSPS) is 26.4. The van der Waals surface area contributed by atoms with E-state index in [0.29, 0.717) is 25.9 Å². The first-order valence-electron chi connectivity index (χ1n) is 7.83.